The summed E-state index contributed by atoms with van der Waals surface area (Å²) in [6.07, 6.45) is 1.51. The average Bonchev–Trinajstić information content (AvgIpc) is 2.47. The molecule has 106 valence electrons. The predicted molar refractivity (Wildman–Crippen MR) is 75.1 cm³/mol. The number of hydrogen-bond donors (Lipinski definition) is 1. The van der Waals surface area contributed by atoms with Gasteiger partial charge in [0.2, 0.25) is 0 Å². The number of allylic oxidation sites excluding steroid dienone is 1. The fourth-order valence-electron chi connectivity index (χ4n) is 2.39. The fourth-order valence-corrected chi connectivity index (χ4v) is 2.39. The van der Waals surface area contributed by atoms with E-state index in [0.29, 0.717) is 6.54 Å². The Bertz CT molecular complexity index is 499. The van der Waals surface area contributed by atoms with E-state index < -0.39 is 0 Å². The van der Waals surface area contributed by atoms with Crippen molar-refractivity contribution in [1.82, 2.24) is 9.80 Å². The summed E-state index contributed by atoms with van der Waals surface area (Å²) in [5, 5.41) is 17.9. The molecular weight excluding hydrogens is 257 g/mol. The number of piperazine rings is 1. The summed E-state index contributed by atoms with van der Waals surface area (Å²) in [6, 6.07) is 8.26. The maximum absolute atomic E-state index is 13.0. The summed E-state index contributed by atoms with van der Waals surface area (Å²) < 4.78 is 13.0. The van der Waals surface area contributed by atoms with Crippen molar-refractivity contribution in [2.24, 2.45) is 0 Å². The number of β-amino-alcohol motifs (C(OH)–C–C–N with tert-alkyl or cyclic N) is 1. The van der Waals surface area contributed by atoms with Gasteiger partial charge in [0.25, 0.3) is 0 Å². The average molecular weight is 275 g/mol. The number of nitrogens with zero attached hydrogens (tertiary/aromatic N) is 3. The maximum Gasteiger partial charge on any atom is 0.123 e. The van der Waals surface area contributed by atoms with Crippen LogP contribution in [-0.2, 0) is 0 Å². The second-order valence-electron chi connectivity index (χ2n) is 4.72. The third-order valence-corrected chi connectivity index (χ3v) is 3.47. The number of nitriles is 1. The van der Waals surface area contributed by atoms with Crippen LogP contribution in [0.5, 0.6) is 0 Å². The van der Waals surface area contributed by atoms with Gasteiger partial charge in [0.1, 0.15) is 5.82 Å². The predicted octanol–water partition coefficient (Wildman–Crippen LogP) is 1.30. The lowest BCUT2D eigenvalue weighted by molar-refractivity contribution is 0.143. The Hall–Kier alpha value is -1.90. The van der Waals surface area contributed by atoms with Crippen LogP contribution in [0.25, 0.3) is 5.70 Å². The normalized spacial score (nSPS) is 17.1. The molecule has 2 rings (SSSR count). The van der Waals surface area contributed by atoms with Crippen molar-refractivity contribution in [2.75, 3.05) is 39.3 Å². The SMILES string of the molecule is N#C/C=C(\c1ccc(F)cc1)N1CCN(CCO)CC1. The molecule has 0 saturated carbocycles. The van der Waals surface area contributed by atoms with E-state index in [1.165, 1.54) is 18.2 Å². The molecule has 1 fully saturated rings. The van der Waals surface area contributed by atoms with Gasteiger partial charge < -0.3 is 10.0 Å². The van der Waals surface area contributed by atoms with Crippen LogP contribution in [-0.4, -0.2) is 54.2 Å². The number of rotatable bonds is 4. The Kier molecular flexibility index (Phi) is 5.10. The molecule has 0 spiro atoms. The molecule has 5 heteroatoms. The molecule has 1 heterocycles. The van der Waals surface area contributed by atoms with Crippen LogP contribution in [0, 0.1) is 17.1 Å². The van der Waals surface area contributed by atoms with Gasteiger partial charge in [-0.15, -0.1) is 0 Å². The molecule has 0 unspecified atom stereocenters. The summed E-state index contributed by atoms with van der Waals surface area (Å²) in [7, 11) is 0. The maximum atomic E-state index is 13.0. The molecule has 1 aromatic carbocycles. The number of aliphatic hydroxyl groups excluding tert-OH is 1. The van der Waals surface area contributed by atoms with Gasteiger partial charge in [-0.2, -0.15) is 5.26 Å². The minimum atomic E-state index is -0.280. The quantitative estimate of drug-likeness (QED) is 0.842. The van der Waals surface area contributed by atoms with Gasteiger partial charge >= 0.3 is 0 Å². The van der Waals surface area contributed by atoms with E-state index in [-0.39, 0.29) is 12.4 Å². The molecule has 0 amide bonds. The first-order valence-electron chi connectivity index (χ1n) is 6.68. The van der Waals surface area contributed by atoms with Crippen molar-refractivity contribution in [3.05, 3.63) is 41.7 Å². The van der Waals surface area contributed by atoms with Crippen LogP contribution in [0.1, 0.15) is 5.56 Å². The Morgan fingerprint density at radius 1 is 1.25 bits per heavy atom. The number of aliphatic hydroxyl groups is 1. The largest absolute Gasteiger partial charge is 0.395 e. The number of benzene rings is 1. The van der Waals surface area contributed by atoms with E-state index in [1.807, 2.05) is 0 Å². The second-order valence-corrected chi connectivity index (χ2v) is 4.72. The van der Waals surface area contributed by atoms with E-state index in [9.17, 15) is 4.39 Å². The van der Waals surface area contributed by atoms with E-state index >= 15 is 0 Å². The number of hydrogen-bond acceptors (Lipinski definition) is 4. The van der Waals surface area contributed by atoms with Crippen LogP contribution in [0.4, 0.5) is 4.39 Å². The zero-order valence-corrected chi connectivity index (χ0v) is 11.3. The lowest BCUT2D eigenvalue weighted by atomic mass is 10.1. The van der Waals surface area contributed by atoms with Crippen molar-refractivity contribution in [2.45, 2.75) is 0 Å². The van der Waals surface area contributed by atoms with Crippen molar-refractivity contribution >= 4 is 5.70 Å². The zero-order valence-electron chi connectivity index (χ0n) is 11.3. The topological polar surface area (TPSA) is 50.5 Å². The summed E-state index contributed by atoms with van der Waals surface area (Å²) in [5.74, 6) is -0.280. The van der Waals surface area contributed by atoms with Gasteiger partial charge in [0, 0.05) is 38.8 Å². The van der Waals surface area contributed by atoms with E-state index in [4.69, 9.17) is 10.4 Å². The minimum absolute atomic E-state index is 0.166. The summed E-state index contributed by atoms with van der Waals surface area (Å²) >= 11 is 0. The molecular formula is C15H18FN3O. The summed E-state index contributed by atoms with van der Waals surface area (Å²) in [5.41, 5.74) is 1.68. The highest BCUT2D eigenvalue weighted by molar-refractivity contribution is 5.66. The molecule has 1 aliphatic heterocycles. The number of halogens is 1. The van der Waals surface area contributed by atoms with Crippen molar-refractivity contribution in [3.63, 3.8) is 0 Å². The van der Waals surface area contributed by atoms with Crippen molar-refractivity contribution in [3.8, 4) is 6.07 Å². The van der Waals surface area contributed by atoms with E-state index in [2.05, 4.69) is 15.9 Å². The molecule has 0 bridgehead atoms. The lowest BCUT2D eigenvalue weighted by Crippen LogP contribution is -2.46. The van der Waals surface area contributed by atoms with Gasteiger partial charge in [0.05, 0.1) is 18.4 Å². The van der Waals surface area contributed by atoms with E-state index in [0.717, 1.165) is 37.4 Å². The van der Waals surface area contributed by atoms with Crippen molar-refractivity contribution < 1.29 is 9.50 Å². The molecule has 0 radical (unpaired) electrons. The highest BCUT2D eigenvalue weighted by Gasteiger charge is 2.19. The molecule has 1 saturated heterocycles. The van der Waals surface area contributed by atoms with Gasteiger partial charge in [-0.25, -0.2) is 4.39 Å². The van der Waals surface area contributed by atoms with Gasteiger partial charge in [-0.3, -0.25) is 4.90 Å². The first-order valence-corrected chi connectivity index (χ1v) is 6.68. The highest BCUT2D eigenvalue weighted by Crippen LogP contribution is 2.21. The molecule has 0 atom stereocenters. The Balaban J connectivity index is 2.10. The molecule has 20 heavy (non-hydrogen) atoms. The summed E-state index contributed by atoms with van der Waals surface area (Å²) in [6.45, 7) is 4.14. The lowest BCUT2D eigenvalue weighted by Gasteiger charge is -2.37. The molecule has 4 nitrogen and oxygen atoms in total. The van der Waals surface area contributed by atoms with Gasteiger partial charge in [0.15, 0.2) is 0 Å². The van der Waals surface area contributed by atoms with E-state index in [1.54, 1.807) is 12.1 Å². The van der Waals surface area contributed by atoms with Crippen LogP contribution < -0.4 is 0 Å². The summed E-state index contributed by atoms with van der Waals surface area (Å²) in [4.78, 5) is 4.31. The van der Waals surface area contributed by atoms with Crippen LogP contribution >= 0.6 is 0 Å². The minimum Gasteiger partial charge on any atom is -0.395 e. The Morgan fingerprint density at radius 2 is 1.90 bits per heavy atom. The highest BCUT2D eigenvalue weighted by atomic mass is 19.1. The van der Waals surface area contributed by atoms with Crippen LogP contribution in [0.2, 0.25) is 0 Å². The molecule has 1 aromatic rings. The smallest absolute Gasteiger partial charge is 0.123 e. The Labute approximate surface area is 118 Å². The van der Waals surface area contributed by atoms with Gasteiger partial charge in [-0.05, 0) is 29.8 Å². The second kappa shape index (κ2) is 7.04. The van der Waals surface area contributed by atoms with Crippen LogP contribution in [0.3, 0.4) is 0 Å². The van der Waals surface area contributed by atoms with Crippen molar-refractivity contribution in [1.29, 1.82) is 5.26 Å². The molecule has 1 aliphatic rings. The Morgan fingerprint density at radius 3 is 2.45 bits per heavy atom. The third kappa shape index (κ3) is 3.56. The molecule has 1 N–H and O–H groups in total. The molecule has 0 aliphatic carbocycles. The molecule has 0 aromatic heterocycles. The zero-order chi connectivity index (χ0) is 14.4. The monoisotopic (exact) mass is 275 g/mol. The fraction of sp³-hybridized carbons (Fsp3) is 0.400. The standard InChI is InChI=1S/C15H18FN3O/c16-14-3-1-13(2-4-14)15(5-6-17)19-9-7-18(8-10-19)11-12-20/h1-5,20H,7-12H2/b15-5+. The van der Waals surface area contributed by atoms with Crippen LogP contribution in [0.15, 0.2) is 30.3 Å². The third-order valence-electron chi connectivity index (χ3n) is 3.47. The van der Waals surface area contributed by atoms with Gasteiger partial charge in [-0.1, -0.05) is 0 Å². The first kappa shape index (κ1) is 14.5. The first-order chi connectivity index (χ1) is 9.74.